The molecule has 0 atom stereocenters. The zero-order valence-corrected chi connectivity index (χ0v) is 14.8. The third-order valence-electron chi connectivity index (χ3n) is 4.55. The number of unbranched alkanes of at least 4 members (excludes halogenated alkanes) is 3. The number of carbonyl (C=O) groups is 1. The number of aryl methyl sites for hydroxylation is 1. The van der Waals surface area contributed by atoms with Crippen LogP contribution in [-0.4, -0.2) is 17.6 Å². The number of aromatic amines is 1. The van der Waals surface area contributed by atoms with E-state index in [9.17, 15) is 4.79 Å². The van der Waals surface area contributed by atoms with Gasteiger partial charge in [0.1, 0.15) is 0 Å². The van der Waals surface area contributed by atoms with Crippen molar-refractivity contribution in [2.75, 3.05) is 6.61 Å². The van der Waals surface area contributed by atoms with Crippen LogP contribution in [0, 0.1) is 0 Å². The summed E-state index contributed by atoms with van der Waals surface area (Å²) in [7, 11) is 0. The molecule has 3 aromatic rings. The molecule has 3 nitrogen and oxygen atoms in total. The van der Waals surface area contributed by atoms with Gasteiger partial charge in [0.2, 0.25) is 0 Å². The Bertz CT molecular complexity index is 891. The number of rotatable bonds is 8. The van der Waals surface area contributed by atoms with Gasteiger partial charge in [-0.3, -0.25) is 0 Å². The van der Waals surface area contributed by atoms with Crippen LogP contribution in [0.5, 0.6) is 0 Å². The Morgan fingerprint density at radius 2 is 1.76 bits per heavy atom. The van der Waals surface area contributed by atoms with Crippen LogP contribution >= 0.6 is 0 Å². The Morgan fingerprint density at radius 1 is 1.00 bits per heavy atom. The van der Waals surface area contributed by atoms with Crippen LogP contribution in [0.25, 0.3) is 21.8 Å². The van der Waals surface area contributed by atoms with Crippen LogP contribution in [0.15, 0.2) is 54.6 Å². The highest BCUT2D eigenvalue weighted by Gasteiger charge is 2.07. The number of para-hydroxylation sites is 2. The van der Waals surface area contributed by atoms with Crippen molar-refractivity contribution in [3.63, 3.8) is 0 Å². The Labute approximate surface area is 148 Å². The largest absolute Gasteiger partial charge is 0.462 e. The number of H-pyrrole nitrogens is 1. The van der Waals surface area contributed by atoms with Gasteiger partial charge in [0.05, 0.1) is 6.61 Å². The zero-order valence-electron chi connectivity index (χ0n) is 14.8. The molecule has 0 fully saturated rings. The van der Waals surface area contributed by atoms with E-state index >= 15 is 0 Å². The van der Waals surface area contributed by atoms with E-state index in [-0.39, 0.29) is 5.97 Å². The predicted molar refractivity (Wildman–Crippen MR) is 104 cm³/mol. The van der Waals surface area contributed by atoms with Gasteiger partial charge in [0, 0.05) is 27.4 Å². The first-order valence-electron chi connectivity index (χ1n) is 8.98. The molecule has 25 heavy (non-hydrogen) atoms. The van der Waals surface area contributed by atoms with Crippen molar-refractivity contribution >= 4 is 27.8 Å². The van der Waals surface area contributed by atoms with Gasteiger partial charge in [-0.25, -0.2) is 4.79 Å². The van der Waals surface area contributed by atoms with Gasteiger partial charge in [-0.15, -0.1) is 0 Å². The zero-order chi connectivity index (χ0) is 17.6. The molecule has 0 aliphatic rings. The maximum Gasteiger partial charge on any atom is 0.333 e. The maximum atomic E-state index is 11.3. The summed E-state index contributed by atoms with van der Waals surface area (Å²) in [5, 5.41) is 2.60. The van der Waals surface area contributed by atoms with Crippen molar-refractivity contribution in [1.82, 2.24) is 4.98 Å². The summed E-state index contributed by atoms with van der Waals surface area (Å²) in [6.07, 6.45) is 5.33. The molecular weight excluding hydrogens is 310 g/mol. The number of fused-ring (bicyclic) bond motifs is 3. The molecule has 130 valence electrons. The van der Waals surface area contributed by atoms with E-state index in [4.69, 9.17) is 4.74 Å². The van der Waals surface area contributed by atoms with Gasteiger partial charge in [-0.1, -0.05) is 55.8 Å². The quantitative estimate of drug-likeness (QED) is 0.333. The molecule has 0 spiro atoms. The summed E-state index contributed by atoms with van der Waals surface area (Å²) < 4.78 is 5.12. The molecule has 1 N–H and O–H groups in total. The van der Waals surface area contributed by atoms with Gasteiger partial charge < -0.3 is 9.72 Å². The Morgan fingerprint density at radius 3 is 2.60 bits per heavy atom. The average Bonchev–Trinajstić information content (AvgIpc) is 3.00. The van der Waals surface area contributed by atoms with Crippen LogP contribution in [-0.2, 0) is 16.0 Å². The number of esters is 1. The maximum absolute atomic E-state index is 11.3. The lowest BCUT2D eigenvalue weighted by molar-refractivity contribution is -0.139. The summed E-state index contributed by atoms with van der Waals surface area (Å²) >= 11 is 0. The van der Waals surface area contributed by atoms with Gasteiger partial charge >= 0.3 is 5.97 Å². The standard InChI is InChI=1S/C22H25NO2/c1-16(2)22(24)25-15-8-4-3-5-10-17-11-9-13-19-18-12-6-7-14-20(18)23-21(17)19/h6-7,9,11-14,23H,1,3-5,8,10,15H2,2H3. The normalized spacial score (nSPS) is 11.1. The van der Waals surface area contributed by atoms with E-state index in [1.54, 1.807) is 6.92 Å². The molecule has 3 rings (SSSR count). The molecule has 3 heteroatoms. The van der Waals surface area contributed by atoms with E-state index in [1.807, 2.05) is 0 Å². The minimum atomic E-state index is -0.287. The number of aromatic nitrogens is 1. The number of carbonyl (C=O) groups excluding carboxylic acids is 1. The summed E-state index contributed by atoms with van der Waals surface area (Å²) in [5.41, 5.74) is 4.30. The van der Waals surface area contributed by atoms with Gasteiger partial charge in [0.15, 0.2) is 0 Å². The van der Waals surface area contributed by atoms with Crippen molar-refractivity contribution < 1.29 is 9.53 Å². The molecule has 2 aromatic carbocycles. The fourth-order valence-corrected chi connectivity index (χ4v) is 3.20. The van der Waals surface area contributed by atoms with Crippen molar-refractivity contribution in [2.24, 2.45) is 0 Å². The molecule has 0 radical (unpaired) electrons. The highest BCUT2D eigenvalue weighted by atomic mass is 16.5. The molecule has 0 unspecified atom stereocenters. The summed E-state index contributed by atoms with van der Waals surface area (Å²) in [6, 6.07) is 15.0. The number of hydrogen-bond acceptors (Lipinski definition) is 2. The second-order valence-corrected chi connectivity index (χ2v) is 6.59. The van der Waals surface area contributed by atoms with Crippen LogP contribution in [0.2, 0.25) is 0 Å². The lowest BCUT2D eigenvalue weighted by Crippen LogP contribution is -2.06. The van der Waals surface area contributed by atoms with E-state index < -0.39 is 0 Å². The lowest BCUT2D eigenvalue weighted by Gasteiger charge is -2.05. The molecule has 0 amide bonds. The SMILES string of the molecule is C=C(C)C(=O)OCCCCCCc1cccc2c1[nH]c1ccccc12. The second-order valence-electron chi connectivity index (χ2n) is 6.59. The van der Waals surface area contributed by atoms with Crippen LogP contribution < -0.4 is 0 Å². The first-order valence-corrected chi connectivity index (χ1v) is 8.98. The Hall–Kier alpha value is -2.55. The molecule has 1 aromatic heterocycles. The van der Waals surface area contributed by atoms with E-state index in [1.165, 1.54) is 27.4 Å². The smallest absolute Gasteiger partial charge is 0.333 e. The highest BCUT2D eigenvalue weighted by Crippen LogP contribution is 2.28. The minimum Gasteiger partial charge on any atom is -0.462 e. The number of nitrogens with one attached hydrogen (secondary N) is 1. The number of benzene rings is 2. The third kappa shape index (κ3) is 4.11. The Balaban J connectivity index is 1.51. The van der Waals surface area contributed by atoms with Crippen molar-refractivity contribution in [2.45, 2.75) is 39.0 Å². The van der Waals surface area contributed by atoms with Gasteiger partial charge in [0.25, 0.3) is 0 Å². The van der Waals surface area contributed by atoms with E-state index in [2.05, 4.69) is 54.0 Å². The van der Waals surface area contributed by atoms with Crippen LogP contribution in [0.1, 0.15) is 38.2 Å². The van der Waals surface area contributed by atoms with E-state index in [0.29, 0.717) is 12.2 Å². The Kier molecular flexibility index (Phi) is 5.54. The first-order chi connectivity index (χ1) is 12.2. The molecule has 0 aliphatic heterocycles. The van der Waals surface area contributed by atoms with Crippen LogP contribution in [0.3, 0.4) is 0 Å². The van der Waals surface area contributed by atoms with Crippen molar-refractivity contribution in [3.05, 3.63) is 60.2 Å². The fraction of sp³-hybridized carbons (Fsp3) is 0.318. The second kappa shape index (κ2) is 8.02. The first kappa shape index (κ1) is 17.3. The number of ether oxygens (including phenoxy) is 1. The summed E-state index contributed by atoms with van der Waals surface area (Å²) in [4.78, 5) is 14.9. The minimum absolute atomic E-state index is 0.287. The average molecular weight is 335 g/mol. The molecule has 0 saturated heterocycles. The molecular formula is C22H25NO2. The fourth-order valence-electron chi connectivity index (χ4n) is 3.20. The van der Waals surface area contributed by atoms with Crippen molar-refractivity contribution in [3.8, 4) is 0 Å². The summed E-state index contributed by atoms with van der Waals surface area (Å²) in [5.74, 6) is -0.287. The molecule has 0 aliphatic carbocycles. The van der Waals surface area contributed by atoms with Crippen LogP contribution in [0.4, 0.5) is 0 Å². The van der Waals surface area contributed by atoms with Gasteiger partial charge in [-0.05, 0) is 37.8 Å². The molecule has 0 bridgehead atoms. The third-order valence-corrected chi connectivity index (χ3v) is 4.55. The van der Waals surface area contributed by atoms with Gasteiger partial charge in [-0.2, -0.15) is 0 Å². The highest BCUT2D eigenvalue weighted by molar-refractivity contribution is 6.08. The van der Waals surface area contributed by atoms with E-state index in [0.717, 1.165) is 32.1 Å². The predicted octanol–water partition coefficient (Wildman–Crippen LogP) is 5.54. The monoisotopic (exact) mass is 335 g/mol. The molecule has 1 heterocycles. The molecule has 0 saturated carbocycles. The number of hydrogen-bond donors (Lipinski definition) is 1. The van der Waals surface area contributed by atoms with Crippen molar-refractivity contribution in [1.29, 1.82) is 0 Å². The summed E-state index contributed by atoms with van der Waals surface area (Å²) in [6.45, 7) is 5.74. The topological polar surface area (TPSA) is 42.1 Å². The lowest BCUT2D eigenvalue weighted by atomic mass is 10.0.